The first kappa shape index (κ1) is 17.8. The predicted molar refractivity (Wildman–Crippen MR) is 119 cm³/mol. The molecule has 0 bridgehead atoms. The Morgan fingerprint density at radius 1 is 1.17 bits per heavy atom. The van der Waals surface area contributed by atoms with Crippen LogP contribution in [0.2, 0.25) is 0 Å². The monoisotopic (exact) mass is 416 g/mol. The van der Waals surface area contributed by atoms with Gasteiger partial charge in [0.15, 0.2) is 11.5 Å². The lowest BCUT2D eigenvalue weighted by molar-refractivity contribution is -0.936. The van der Waals surface area contributed by atoms with E-state index in [9.17, 15) is 5.11 Å². The minimum absolute atomic E-state index is 0.219. The van der Waals surface area contributed by atoms with E-state index >= 15 is 0 Å². The van der Waals surface area contributed by atoms with Crippen LogP contribution in [0.5, 0.6) is 5.75 Å². The summed E-state index contributed by atoms with van der Waals surface area (Å²) in [6.45, 7) is 6.74. The molecule has 0 saturated carbocycles. The summed E-state index contributed by atoms with van der Waals surface area (Å²) in [7, 11) is 0. The number of nitrogens with zero attached hydrogens (tertiary/aromatic N) is 4. The average Bonchev–Trinajstić information content (AvgIpc) is 3.34. The summed E-state index contributed by atoms with van der Waals surface area (Å²) < 4.78 is 1.75. The molecular weight excluding hydrogens is 394 g/mol. The molecule has 0 spiro atoms. The maximum atomic E-state index is 10.9. The Bertz CT molecular complexity index is 1430. The van der Waals surface area contributed by atoms with Crippen molar-refractivity contribution in [1.29, 1.82) is 0 Å². The number of thiophene rings is 1. The second kappa shape index (κ2) is 6.48. The van der Waals surface area contributed by atoms with Gasteiger partial charge in [0.1, 0.15) is 23.5 Å². The topological polar surface area (TPSA) is 67.8 Å². The quantitative estimate of drug-likeness (QED) is 0.464. The van der Waals surface area contributed by atoms with Crippen molar-refractivity contribution in [3.63, 3.8) is 0 Å². The predicted octanol–water partition coefficient (Wildman–Crippen LogP) is 3.21. The van der Waals surface area contributed by atoms with Gasteiger partial charge in [0.25, 0.3) is 0 Å². The van der Waals surface area contributed by atoms with Crippen molar-refractivity contribution in [2.24, 2.45) is 0 Å². The van der Waals surface area contributed by atoms with Gasteiger partial charge in [-0.3, -0.25) is 0 Å². The third kappa shape index (κ3) is 2.55. The van der Waals surface area contributed by atoms with Gasteiger partial charge in [-0.2, -0.15) is 0 Å². The van der Waals surface area contributed by atoms with Crippen molar-refractivity contribution in [2.45, 2.75) is 32.9 Å². The normalized spacial score (nSPS) is 16.7. The molecule has 2 N–H and O–H groups in total. The number of phenols is 1. The van der Waals surface area contributed by atoms with Gasteiger partial charge in [-0.05, 0) is 30.9 Å². The summed E-state index contributed by atoms with van der Waals surface area (Å²) in [5.41, 5.74) is 2.84. The van der Waals surface area contributed by atoms with Crippen LogP contribution in [0.4, 0.5) is 0 Å². The van der Waals surface area contributed by atoms with Crippen LogP contribution in [0.15, 0.2) is 42.7 Å². The van der Waals surface area contributed by atoms with Crippen LogP contribution in [0.3, 0.4) is 0 Å². The Hall–Kier alpha value is -3.03. The van der Waals surface area contributed by atoms with E-state index in [2.05, 4.69) is 23.9 Å². The smallest absolute Gasteiger partial charge is 0.185 e. The number of phenolic OH excluding ortho intramolecular Hbond substituents is 1. The molecule has 0 fully saturated rings. The van der Waals surface area contributed by atoms with E-state index in [4.69, 9.17) is 4.98 Å². The third-order valence-corrected chi connectivity index (χ3v) is 7.39. The number of rotatable bonds is 2. The lowest BCUT2D eigenvalue weighted by Crippen LogP contribution is -3.14. The molecule has 150 valence electrons. The Kier molecular flexibility index (Phi) is 3.85. The summed E-state index contributed by atoms with van der Waals surface area (Å²) >= 11 is 1.78. The van der Waals surface area contributed by atoms with E-state index in [1.54, 1.807) is 27.1 Å². The number of nitrogens with one attached hydrogen (secondary N) is 1. The molecule has 1 aliphatic rings. The number of benzene rings is 2. The molecule has 5 aromatic rings. The Morgan fingerprint density at radius 2 is 2.03 bits per heavy atom. The molecule has 0 aliphatic carbocycles. The maximum Gasteiger partial charge on any atom is 0.185 e. The third-order valence-electron chi connectivity index (χ3n) is 6.25. The fourth-order valence-corrected chi connectivity index (χ4v) is 5.77. The van der Waals surface area contributed by atoms with Crippen LogP contribution in [0.25, 0.3) is 38.0 Å². The first-order valence-electron chi connectivity index (χ1n) is 10.3. The fraction of sp³-hybridized carbons (Fsp3) is 0.261. The Labute approximate surface area is 177 Å². The summed E-state index contributed by atoms with van der Waals surface area (Å²) in [6, 6.07) is 12.3. The molecule has 1 aliphatic heterocycles. The summed E-state index contributed by atoms with van der Waals surface area (Å²) in [5, 5.41) is 18.5. The fourth-order valence-electron chi connectivity index (χ4n) is 4.53. The van der Waals surface area contributed by atoms with Crippen LogP contribution in [-0.4, -0.2) is 37.3 Å². The molecule has 4 heterocycles. The van der Waals surface area contributed by atoms with E-state index < -0.39 is 0 Å². The van der Waals surface area contributed by atoms with Gasteiger partial charge < -0.3 is 10.0 Å². The minimum atomic E-state index is 0.219. The largest absolute Gasteiger partial charge is 0.507 e. The Balaban J connectivity index is 1.54. The number of hydrogen-bond acceptors (Lipinski definition) is 5. The van der Waals surface area contributed by atoms with Crippen LogP contribution >= 0.6 is 11.3 Å². The van der Waals surface area contributed by atoms with E-state index in [0.29, 0.717) is 17.4 Å². The van der Waals surface area contributed by atoms with E-state index in [-0.39, 0.29) is 5.75 Å². The molecule has 0 saturated heterocycles. The number of fused-ring (bicyclic) bond motifs is 6. The number of aromatic nitrogens is 4. The van der Waals surface area contributed by atoms with Crippen molar-refractivity contribution >= 4 is 38.0 Å². The number of aromatic hydroxyl groups is 1. The molecule has 6 rings (SSSR count). The lowest BCUT2D eigenvalue weighted by Gasteiger charge is -2.27. The highest BCUT2D eigenvalue weighted by atomic mass is 32.1. The van der Waals surface area contributed by atoms with E-state index in [1.165, 1.54) is 10.4 Å². The van der Waals surface area contributed by atoms with Crippen molar-refractivity contribution in [3.05, 3.63) is 53.2 Å². The van der Waals surface area contributed by atoms with Crippen LogP contribution in [0.1, 0.15) is 24.3 Å². The first-order chi connectivity index (χ1) is 14.6. The Morgan fingerprint density at radius 3 is 2.90 bits per heavy atom. The van der Waals surface area contributed by atoms with Gasteiger partial charge >= 0.3 is 0 Å². The zero-order valence-corrected chi connectivity index (χ0v) is 17.7. The minimum Gasteiger partial charge on any atom is -0.507 e. The van der Waals surface area contributed by atoms with Gasteiger partial charge in [0.2, 0.25) is 0 Å². The molecule has 6 nitrogen and oxygen atoms in total. The average molecular weight is 417 g/mol. The molecule has 1 atom stereocenters. The van der Waals surface area contributed by atoms with Gasteiger partial charge in [0.05, 0.1) is 28.4 Å². The van der Waals surface area contributed by atoms with Crippen molar-refractivity contribution in [2.75, 3.05) is 6.54 Å². The summed E-state index contributed by atoms with van der Waals surface area (Å²) in [4.78, 5) is 13.6. The van der Waals surface area contributed by atoms with Gasteiger partial charge in [-0.1, -0.05) is 30.3 Å². The van der Waals surface area contributed by atoms with Gasteiger partial charge in [0, 0.05) is 11.8 Å². The van der Waals surface area contributed by atoms with Crippen LogP contribution in [0, 0.1) is 0 Å². The van der Waals surface area contributed by atoms with Crippen molar-refractivity contribution < 1.29 is 10.0 Å². The zero-order valence-electron chi connectivity index (χ0n) is 16.9. The molecule has 3 aromatic heterocycles. The summed E-state index contributed by atoms with van der Waals surface area (Å²) in [5.74, 6) is 0.745. The highest BCUT2D eigenvalue weighted by molar-refractivity contribution is 7.19. The zero-order chi connectivity index (χ0) is 20.4. The molecule has 7 heteroatoms. The maximum absolute atomic E-state index is 10.9. The second-order valence-corrected chi connectivity index (χ2v) is 9.39. The molecule has 0 radical (unpaired) electrons. The molecule has 1 unspecified atom stereocenters. The lowest BCUT2D eigenvalue weighted by atomic mass is 10.0. The molecule has 30 heavy (non-hydrogen) atoms. The first-order valence-corrected chi connectivity index (χ1v) is 11.1. The standard InChI is InChI=1S/C23H21N5OS/c1-13(2)27-10-9-16-18(11-27)30-23-19(16)22-25-21(26-28(22)12-24-23)17-8-7-14-5-3-4-6-15(14)20(17)29/h3-8,12-13,29H,9-11H2,1-2H3/p+1. The molecule has 2 aromatic carbocycles. The van der Waals surface area contributed by atoms with Gasteiger partial charge in [-0.25, -0.2) is 14.5 Å². The van der Waals surface area contributed by atoms with Crippen LogP contribution < -0.4 is 4.90 Å². The van der Waals surface area contributed by atoms with E-state index in [1.807, 2.05) is 36.4 Å². The van der Waals surface area contributed by atoms with Crippen molar-refractivity contribution in [3.8, 4) is 17.1 Å². The summed E-state index contributed by atoms with van der Waals surface area (Å²) in [6.07, 6.45) is 2.77. The van der Waals surface area contributed by atoms with Gasteiger partial charge in [-0.15, -0.1) is 16.4 Å². The highest BCUT2D eigenvalue weighted by Crippen LogP contribution is 2.37. The molecule has 0 amide bonds. The van der Waals surface area contributed by atoms with Crippen LogP contribution in [-0.2, 0) is 13.0 Å². The van der Waals surface area contributed by atoms with E-state index in [0.717, 1.165) is 46.1 Å². The van der Waals surface area contributed by atoms with Crippen molar-refractivity contribution in [1.82, 2.24) is 19.6 Å². The number of hydrogen-bond donors (Lipinski definition) is 2. The molecular formula is C23H22N5OS+. The highest BCUT2D eigenvalue weighted by Gasteiger charge is 2.28. The SMILES string of the molecule is CC(C)[NH+]1CCc2c(sc3ncn4nc(-c5ccc6ccccc6c5O)nc4c23)C1. The second-order valence-electron chi connectivity index (χ2n) is 8.30. The number of quaternary nitrogens is 1.